The highest BCUT2D eigenvalue weighted by Crippen LogP contribution is 2.19. The molecule has 1 rings (SSSR count). The van der Waals surface area contributed by atoms with Crippen molar-refractivity contribution in [3.8, 4) is 0 Å². The first-order valence-electron chi connectivity index (χ1n) is 4.51. The van der Waals surface area contributed by atoms with Crippen LogP contribution in [-0.4, -0.2) is 30.7 Å². The lowest BCUT2D eigenvalue weighted by atomic mass is 10.2. The Morgan fingerprint density at radius 1 is 1.53 bits per heavy atom. The van der Waals surface area contributed by atoms with Gasteiger partial charge in [-0.3, -0.25) is 4.79 Å². The average molecular weight is 268 g/mol. The van der Waals surface area contributed by atoms with Crippen LogP contribution in [0.25, 0.3) is 0 Å². The molecule has 0 atom stereocenters. The zero-order valence-electron chi connectivity index (χ0n) is 8.73. The topological polar surface area (TPSA) is 54.0 Å². The Bertz CT molecular complexity index is 422. The molecule has 0 aliphatic rings. The van der Waals surface area contributed by atoms with Crippen LogP contribution >= 0.6 is 11.6 Å². The summed E-state index contributed by atoms with van der Waals surface area (Å²) in [5.41, 5.74) is -0.0294. The predicted octanol–water partition coefficient (Wildman–Crippen LogP) is 2.07. The number of nitrogens with one attached hydrogen (secondary N) is 2. The molecule has 0 spiro atoms. The molecule has 0 bridgehead atoms. The number of anilines is 1. The lowest BCUT2D eigenvalue weighted by Crippen LogP contribution is -2.33. The van der Waals surface area contributed by atoms with Crippen molar-refractivity contribution < 1.29 is 18.0 Å². The van der Waals surface area contributed by atoms with E-state index in [1.165, 1.54) is 6.07 Å². The van der Waals surface area contributed by atoms with Gasteiger partial charge in [-0.2, -0.15) is 13.2 Å². The standard InChI is InChI=1S/C9H9ClF3N3O/c1-14-7-6(10)2-5(3-15-7)8(17)16-4-9(11,12)13/h2-3H,4H2,1H3,(H,14,15)(H,16,17). The summed E-state index contributed by atoms with van der Waals surface area (Å²) in [6, 6.07) is 1.24. The van der Waals surface area contributed by atoms with Crippen LogP contribution in [0.2, 0.25) is 5.02 Å². The first kappa shape index (κ1) is 13.6. The van der Waals surface area contributed by atoms with Gasteiger partial charge in [0, 0.05) is 13.2 Å². The number of carbonyl (C=O) groups excluding carboxylic acids is 1. The number of halogens is 4. The average Bonchev–Trinajstić information content (AvgIpc) is 2.24. The van der Waals surface area contributed by atoms with Crippen molar-refractivity contribution in [1.29, 1.82) is 0 Å². The smallest absolute Gasteiger partial charge is 0.372 e. The lowest BCUT2D eigenvalue weighted by molar-refractivity contribution is -0.123. The van der Waals surface area contributed by atoms with Crippen molar-refractivity contribution in [2.24, 2.45) is 0 Å². The molecule has 0 radical (unpaired) electrons. The molecule has 8 heteroatoms. The van der Waals surface area contributed by atoms with Gasteiger partial charge in [0.15, 0.2) is 0 Å². The van der Waals surface area contributed by atoms with Gasteiger partial charge < -0.3 is 10.6 Å². The normalized spacial score (nSPS) is 11.1. The molecule has 4 nitrogen and oxygen atoms in total. The largest absolute Gasteiger partial charge is 0.405 e. The molecule has 1 amide bonds. The third kappa shape index (κ3) is 4.10. The Morgan fingerprint density at radius 2 is 2.18 bits per heavy atom. The second kappa shape index (κ2) is 5.22. The quantitative estimate of drug-likeness (QED) is 0.881. The van der Waals surface area contributed by atoms with Crippen molar-refractivity contribution in [2.45, 2.75) is 6.18 Å². The molecule has 1 aromatic rings. The molecule has 94 valence electrons. The first-order valence-corrected chi connectivity index (χ1v) is 4.89. The highest BCUT2D eigenvalue weighted by molar-refractivity contribution is 6.33. The summed E-state index contributed by atoms with van der Waals surface area (Å²) in [5, 5.41) is 4.54. The summed E-state index contributed by atoms with van der Waals surface area (Å²) in [6.07, 6.45) is -3.30. The molecule has 1 aromatic heterocycles. The van der Waals surface area contributed by atoms with E-state index >= 15 is 0 Å². The Labute approximate surface area is 100 Å². The third-order valence-corrected chi connectivity index (χ3v) is 2.08. The number of alkyl halides is 3. The van der Waals surface area contributed by atoms with E-state index in [1.807, 2.05) is 0 Å². The molecule has 2 N–H and O–H groups in total. The van der Waals surface area contributed by atoms with Gasteiger partial charge in [-0.1, -0.05) is 11.6 Å². The van der Waals surface area contributed by atoms with Crippen LogP contribution < -0.4 is 10.6 Å². The Morgan fingerprint density at radius 3 is 2.65 bits per heavy atom. The van der Waals surface area contributed by atoms with Gasteiger partial charge in [-0.25, -0.2) is 4.98 Å². The number of aromatic nitrogens is 1. The van der Waals surface area contributed by atoms with Crippen LogP contribution in [-0.2, 0) is 0 Å². The van der Waals surface area contributed by atoms with Gasteiger partial charge in [-0.05, 0) is 6.07 Å². The minimum Gasteiger partial charge on any atom is -0.372 e. The predicted molar refractivity (Wildman–Crippen MR) is 57.2 cm³/mol. The van der Waals surface area contributed by atoms with E-state index in [2.05, 4.69) is 10.3 Å². The summed E-state index contributed by atoms with van der Waals surface area (Å²) < 4.78 is 35.6. The van der Waals surface area contributed by atoms with Crippen molar-refractivity contribution in [3.63, 3.8) is 0 Å². The fraction of sp³-hybridized carbons (Fsp3) is 0.333. The minimum absolute atomic E-state index is 0.0294. The Hall–Kier alpha value is -1.50. The summed E-state index contributed by atoms with van der Waals surface area (Å²) >= 11 is 5.74. The Kier molecular flexibility index (Phi) is 4.17. The number of pyridine rings is 1. The van der Waals surface area contributed by atoms with Gasteiger partial charge in [0.25, 0.3) is 5.91 Å². The molecule has 0 fully saturated rings. The van der Waals surface area contributed by atoms with Crippen LogP contribution in [0.3, 0.4) is 0 Å². The van der Waals surface area contributed by atoms with Gasteiger partial charge >= 0.3 is 6.18 Å². The van der Waals surface area contributed by atoms with Crippen molar-refractivity contribution in [3.05, 3.63) is 22.8 Å². The number of hydrogen-bond acceptors (Lipinski definition) is 3. The maximum absolute atomic E-state index is 11.9. The van der Waals surface area contributed by atoms with Crippen LogP contribution in [0.1, 0.15) is 10.4 Å². The first-order chi connectivity index (χ1) is 7.83. The summed E-state index contributed by atoms with van der Waals surface area (Å²) in [7, 11) is 1.58. The summed E-state index contributed by atoms with van der Waals surface area (Å²) in [6.45, 7) is -1.39. The van der Waals surface area contributed by atoms with Crippen molar-refractivity contribution in [1.82, 2.24) is 10.3 Å². The second-order valence-electron chi connectivity index (χ2n) is 3.10. The molecule has 0 aromatic carbocycles. The fourth-order valence-electron chi connectivity index (χ4n) is 1.03. The minimum atomic E-state index is -4.45. The molecular formula is C9H9ClF3N3O. The molecule has 17 heavy (non-hydrogen) atoms. The number of rotatable bonds is 3. The highest BCUT2D eigenvalue weighted by atomic mass is 35.5. The molecule has 0 unspecified atom stereocenters. The SMILES string of the molecule is CNc1ncc(C(=O)NCC(F)(F)F)cc1Cl. The van der Waals surface area contributed by atoms with Crippen LogP contribution in [0.5, 0.6) is 0 Å². The van der Waals surface area contributed by atoms with E-state index in [1.54, 1.807) is 12.4 Å². The van der Waals surface area contributed by atoms with Gasteiger partial charge in [0.2, 0.25) is 0 Å². The van der Waals surface area contributed by atoms with E-state index in [0.29, 0.717) is 5.82 Å². The molecule has 0 saturated carbocycles. The van der Waals surface area contributed by atoms with E-state index in [-0.39, 0.29) is 10.6 Å². The number of carbonyl (C=O) groups is 1. The Balaban J connectivity index is 2.73. The molecule has 1 heterocycles. The molecule has 0 aliphatic heterocycles. The molecular weight excluding hydrogens is 259 g/mol. The zero-order chi connectivity index (χ0) is 13.1. The van der Waals surface area contributed by atoms with E-state index in [0.717, 1.165) is 6.20 Å². The van der Waals surface area contributed by atoms with Gasteiger partial charge in [0.1, 0.15) is 12.4 Å². The van der Waals surface area contributed by atoms with Crippen LogP contribution in [0, 0.1) is 0 Å². The summed E-state index contributed by atoms with van der Waals surface area (Å²) in [5.74, 6) is -0.529. The van der Waals surface area contributed by atoms with Gasteiger partial charge in [-0.15, -0.1) is 0 Å². The number of amides is 1. The van der Waals surface area contributed by atoms with Crippen LogP contribution in [0.15, 0.2) is 12.3 Å². The van der Waals surface area contributed by atoms with E-state index < -0.39 is 18.6 Å². The maximum atomic E-state index is 11.9. The van der Waals surface area contributed by atoms with Crippen molar-refractivity contribution >= 4 is 23.3 Å². The molecule has 0 saturated heterocycles. The highest BCUT2D eigenvalue weighted by Gasteiger charge is 2.28. The summed E-state index contributed by atoms with van der Waals surface area (Å²) in [4.78, 5) is 15.1. The molecule has 0 aliphatic carbocycles. The maximum Gasteiger partial charge on any atom is 0.405 e. The monoisotopic (exact) mass is 267 g/mol. The second-order valence-corrected chi connectivity index (χ2v) is 3.51. The van der Waals surface area contributed by atoms with Crippen molar-refractivity contribution in [2.75, 3.05) is 18.9 Å². The number of nitrogens with zero attached hydrogens (tertiary/aromatic N) is 1. The zero-order valence-corrected chi connectivity index (χ0v) is 9.49. The lowest BCUT2D eigenvalue weighted by Gasteiger charge is -2.09. The fourth-order valence-corrected chi connectivity index (χ4v) is 1.29. The third-order valence-electron chi connectivity index (χ3n) is 1.79. The van der Waals surface area contributed by atoms with E-state index in [4.69, 9.17) is 11.6 Å². The van der Waals surface area contributed by atoms with Gasteiger partial charge in [0.05, 0.1) is 10.6 Å². The van der Waals surface area contributed by atoms with E-state index in [9.17, 15) is 18.0 Å². The number of hydrogen-bond donors (Lipinski definition) is 2. The van der Waals surface area contributed by atoms with Crippen LogP contribution in [0.4, 0.5) is 19.0 Å².